The molecule has 1 aliphatic heterocycles. The van der Waals surface area contributed by atoms with Crippen LogP contribution in [0.5, 0.6) is 5.75 Å². The molecule has 0 aliphatic carbocycles. The molecule has 0 unspecified atom stereocenters. The molecule has 1 fully saturated rings. The summed E-state index contributed by atoms with van der Waals surface area (Å²) in [7, 11) is 1.82. The Morgan fingerprint density at radius 1 is 1.09 bits per heavy atom. The van der Waals surface area contributed by atoms with Crippen LogP contribution in [-0.4, -0.2) is 67.2 Å². The number of benzene rings is 1. The van der Waals surface area contributed by atoms with Gasteiger partial charge in [0.15, 0.2) is 17.0 Å². The molecule has 0 bridgehead atoms. The maximum Gasteiger partial charge on any atom is 0.229 e. The second-order valence-electron chi connectivity index (χ2n) is 8.96. The number of aromatic hydroxyl groups is 1. The Bertz CT molecular complexity index is 1350. The van der Waals surface area contributed by atoms with E-state index < -0.39 is 5.60 Å². The van der Waals surface area contributed by atoms with Crippen LogP contribution in [0.3, 0.4) is 0 Å². The second kappa shape index (κ2) is 8.95. The summed E-state index contributed by atoms with van der Waals surface area (Å²) < 4.78 is 1.88. The number of carbonyl (C=O) groups is 1. The lowest BCUT2D eigenvalue weighted by molar-refractivity contribution is -0.115. The number of hydrogen-bond acceptors (Lipinski definition) is 9. The first-order chi connectivity index (χ1) is 16.8. The molecule has 10 nitrogen and oxygen atoms in total. The smallest absolute Gasteiger partial charge is 0.229 e. The van der Waals surface area contributed by atoms with Gasteiger partial charge in [-0.1, -0.05) is 12.1 Å². The van der Waals surface area contributed by atoms with Gasteiger partial charge in [0.25, 0.3) is 0 Å². The van der Waals surface area contributed by atoms with Crippen molar-refractivity contribution in [2.45, 2.75) is 25.4 Å². The number of aliphatic hydroxyl groups is 1. The van der Waals surface area contributed by atoms with Crippen LogP contribution >= 0.6 is 0 Å². The van der Waals surface area contributed by atoms with E-state index >= 15 is 0 Å². The summed E-state index contributed by atoms with van der Waals surface area (Å²) in [4.78, 5) is 34.0. The Kier molecular flexibility index (Phi) is 5.81. The van der Waals surface area contributed by atoms with Crippen molar-refractivity contribution >= 4 is 28.7 Å². The van der Waals surface area contributed by atoms with E-state index in [1.807, 2.05) is 28.6 Å². The minimum Gasteiger partial charge on any atom is -0.508 e. The summed E-state index contributed by atoms with van der Waals surface area (Å²) >= 11 is 0. The summed E-state index contributed by atoms with van der Waals surface area (Å²) in [6.07, 6.45) is 6.09. The Morgan fingerprint density at radius 2 is 1.77 bits per heavy atom. The Morgan fingerprint density at radius 3 is 2.43 bits per heavy atom. The number of piperidine rings is 1. The van der Waals surface area contributed by atoms with Gasteiger partial charge < -0.3 is 20.0 Å². The zero-order chi connectivity index (χ0) is 24.6. The number of carbonyl (C=O) groups excluding carboxylic acids is 1. The largest absolute Gasteiger partial charge is 0.508 e. The third-order valence-electron chi connectivity index (χ3n) is 6.41. The second-order valence-corrected chi connectivity index (χ2v) is 8.96. The number of rotatable bonds is 6. The van der Waals surface area contributed by atoms with Gasteiger partial charge in [-0.25, -0.2) is 4.98 Å². The Hall–Kier alpha value is -4.05. The standard InChI is InChI=1S/C25H27N7O3/c1-17(33)15-30(2)22-21-23(32(16-27-21)19-7-11-26-12-8-19)29-24(28-22)31-13-9-25(35,10-14-31)18-3-5-20(34)6-4-18/h3-8,11-12,16,34-35H,9-10,13-15H2,1-2H3. The van der Waals surface area contributed by atoms with Crippen LogP contribution in [0.25, 0.3) is 16.9 Å². The number of imidazole rings is 1. The number of hydrogen-bond donors (Lipinski definition) is 2. The van der Waals surface area contributed by atoms with Gasteiger partial charge in [-0.15, -0.1) is 0 Å². The van der Waals surface area contributed by atoms with Crippen molar-refractivity contribution in [2.24, 2.45) is 0 Å². The zero-order valence-electron chi connectivity index (χ0n) is 19.7. The number of ketones is 1. The molecule has 0 amide bonds. The van der Waals surface area contributed by atoms with E-state index in [0.29, 0.717) is 48.9 Å². The SMILES string of the molecule is CC(=O)CN(C)c1nc(N2CCC(O)(c3ccc(O)cc3)CC2)nc2c1ncn2-c1ccncc1. The van der Waals surface area contributed by atoms with Gasteiger partial charge in [0.05, 0.1) is 17.8 Å². The molecule has 2 N–H and O–H groups in total. The average molecular weight is 474 g/mol. The fourth-order valence-corrected chi connectivity index (χ4v) is 4.52. The average Bonchev–Trinajstić information content (AvgIpc) is 3.28. The number of anilines is 2. The van der Waals surface area contributed by atoms with Gasteiger partial charge in [0, 0.05) is 32.5 Å². The number of aromatic nitrogens is 5. The van der Waals surface area contributed by atoms with Gasteiger partial charge in [0.2, 0.25) is 5.95 Å². The van der Waals surface area contributed by atoms with E-state index in [-0.39, 0.29) is 18.1 Å². The number of Topliss-reactive ketones (excluding diaryl/α,β-unsaturated/α-hetero) is 1. The molecule has 0 radical (unpaired) electrons. The van der Waals surface area contributed by atoms with Crippen LogP contribution in [-0.2, 0) is 10.4 Å². The van der Waals surface area contributed by atoms with Crippen molar-refractivity contribution in [2.75, 3.05) is 36.5 Å². The predicted molar refractivity (Wildman–Crippen MR) is 132 cm³/mol. The summed E-state index contributed by atoms with van der Waals surface area (Å²) in [6, 6.07) is 10.5. The lowest BCUT2D eigenvalue weighted by Gasteiger charge is -2.38. The highest BCUT2D eigenvalue weighted by atomic mass is 16.3. The molecular formula is C25H27N7O3. The van der Waals surface area contributed by atoms with Crippen molar-refractivity contribution in [1.82, 2.24) is 24.5 Å². The van der Waals surface area contributed by atoms with E-state index in [9.17, 15) is 15.0 Å². The Balaban J connectivity index is 1.51. The molecule has 0 spiro atoms. The topological polar surface area (TPSA) is 121 Å². The number of likely N-dealkylation sites (N-methyl/N-ethyl adjacent to an activating group) is 1. The maximum atomic E-state index is 11.8. The first-order valence-corrected chi connectivity index (χ1v) is 11.5. The molecule has 4 aromatic rings. The van der Waals surface area contributed by atoms with E-state index in [1.54, 1.807) is 54.8 Å². The molecule has 10 heteroatoms. The predicted octanol–water partition coefficient (Wildman–Crippen LogP) is 2.43. The van der Waals surface area contributed by atoms with E-state index in [0.717, 1.165) is 11.3 Å². The molecular weight excluding hydrogens is 446 g/mol. The summed E-state index contributed by atoms with van der Waals surface area (Å²) in [6.45, 7) is 2.83. The number of pyridine rings is 1. The van der Waals surface area contributed by atoms with E-state index in [2.05, 4.69) is 9.97 Å². The molecule has 3 aromatic heterocycles. The van der Waals surface area contributed by atoms with Gasteiger partial charge in [-0.05, 0) is 49.6 Å². The van der Waals surface area contributed by atoms with Crippen LogP contribution in [0.4, 0.5) is 11.8 Å². The first kappa shape index (κ1) is 22.7. The van der Waals surface area contributed by atoms with Crippen LogP contribution < -0.4 is 9.80 Å². The molecule has 180 valence electrons. The molecule has 1 aliphatic rings. The highest BCUT2D eigenvalue weighted by Crippen LogP contribution is 2.35. The van der Waals surface area contributed by atoms with Crippen molar-refractivity contribution in [3.8, 4) is 11.4 Å². The maximum absolute atomic E-state index is 11.8. The molecule has 1 aromatic carbocycles. The summed E-state index contributed by atoms with van der Waals surface area (Å²) in [5.74, 6) is 1.29. The van der Waals surface area contributed by atoms with Crippen molar-refractivity contribution in [3.05, 3.63) is 60.7 Å². The molecule has 0 atom stereocenters. The molecule has 0 saturated carbocycles. The lowest BCUT2D eigenvalue weighted by Crippen LogP contribution is -2.43. The summed E-state index contributed by atoms with van der Waals surface area (Å²) in [5.41, 5.74) is 1.90. The summed E-state index contributed by atoms with van der Waals surface area (Å²) in [5, 5.41) is 20.8. The Labute approximate surface area is 202 Å². The van der Waals surface area contributed by atoms with Gasteiger partial charge in [0.1, 0.15) is 17.9 Å². The minimum atomic E-state index is -0.985. The number of fused-ring (bicyclic) bond motifs is 1. The van der Waals surface area contributed by atoms with Gasteiger partial charge >= 0.3 is 0 Å². The molecule has 1 saturated heterocycles. The quantitative estimate of drug-likeness (QED) is 0.435. The van der Waals surface area contributed by atoms with Crippen LogP contribution in [0.1, 0.15) is 25.3 Å². The van der Waals surface area contributed by atoms with Gasteiger partial charge in [-0.3, -0.25) is 14.3 Å². The minimum absolute atomic E-state index is 0.0197. The fraction of sp³-hybridized carbons (Fsp3) is 0.320. The zero-order valence-corrected chi connectivity index (χ0v) is 19.7. The molecule has 35 heavy (non-hydrogen) atoms. The monoisotopic (exact) mass is 473 g/mol. The van der Waals surface area contributed by atoms with Gasteiger partial charge in [-0.2, -0.15) is 9.97 Å². The molecule has 4 heterocycles. The fourth-order valence-electron chi connectivity index (χ4n) is 4.52. The number of phenolic OH excluding ortho intramolecular Hbond substituents is 1. The van der Waals surface area contributed by atoms with E-state index in [4.69, 9.17) is 9.97 Å². The number of phenols is 1. The van der Waals surface area contributed by atoms with E-state index in [1.165, 1.54) is 0 Å². The lowest BCUT2D eigenvalue weighted by atomic mass is 9.84. The third kappa shape index (κ3) is 4.40. The van der Waals surface area contributed by atoms with Crippen LogP contribution in [0.2, 0.25) is 0 Å². The first-order valence-electron chi connectivity index (χ1n) is 11.5. The van der Waals surface area contributed by atoms with Crippen molar-refractivity contribution < 1.29 is 15.0 Å². The molecule has 5 rings (SSSR count). The van der Waals surface area contributed by atoms with Crippen molar-refractivity contribution in [3.63, 3.8) is 0 Å². The van der Waals surface area contributed by atoms with Crippen molar-refractivity contribution in [1.29, 1.82) is 0 Å². The number of nitrogens with zero attached hydrogens (tertiary/aromatic N) is 7. The third-order valence-corrected chi connectivity index (χ3v) is 6.41. The normalized spacial score (nSPS) is 15.3. The highest BCUT2D eigenvalue weighted by molar-refractivity contribution is 5.89. The van der Waals surface area contributed by atoms with Crippen LogP contribution in [0.15, 0.2) is 55.1 Å². The van der Waals surface area contributed by atoms with Crippen LogP contribution in [0, 0.1) is 0 Å². The highest BCUT2D eigenvalue weighted by Gasteiger charge is 2.35.